The minimum absolute atomic E-state index is 0.110. The first-order chi connectivity index (χ1) is 5.06. The van der Waals surface area contributed by atoms with Gasteiger partial charge in [-0.05, 0) is 30.2 Å². The zero-order chi connectivity index (χ0) is 8.48. The molecule has 0 aliphatic carbocycles. The Morgan fingerprint density at radius 3 is 2.64 bits per heavy atom. The molecule has 0 atom stereocenters. The highest BCUT2D eigenvalue weighted by Gasteiger charge is 2.16. The summed E-state index contributed by atoms with van der Waals surface area (Å²) in [6, 6.07) is 0. The van der Waals surface area contributed by atoms with E-state index in [1.807, 2.05) is 0 Å². The molecule has 0 fully saturated rings. The second kappa shape index (κ2) is 3.02. The number of hydrogen-bond donors (Lipinski definition) is 1. The Labute approximate surface area is 72.6 Å². The lowest BCUT2D eigenvalue weighted by molar-refractivity contribution is 0.581. The van der Waals surface area contributed by atoms with Gasteiger partial charge in [0.05, 0.1) is 0 Å². The molecule has 0 radical (unpaired) electrons. The Hall–Kier alpha value is -0.240. The molecule has 0 saturated carbocycles. The fourth-order valence-corrected chi connectivity index (χ4v) is 1.90. The predicted octanol–water partition coefficient (Wildman–Crippen LogP) is 0.0996. The predicted molar refractivity (Wildman–Crippen MR) is 41.2 cm³/mol. The Balaban J connectivity index is 3.13. The number of nitrogens with one attached hydrogen (secondary N) is 1. The van der Waals surface area contributed by atoms with E-state index in [1.54, 1.807) is 0 Å². The van der Waals surface area contributed by atoms with Crippen molar-refractivity contribution < 1.29 is 8.42 Å². The summed E-state index contributed by atoms with van der Waals surface area (Å²) in [5.74, 6) is 0. The zero-order valence-corrected chi connectivity index (χ0v) is 7.79. The molecule has 0 spiro atoms. The molecule has 62 valence electrons. The van der Waals surface area contributed by atoms with Crippen molar-refractivity contribution in [3.05, 3.63) is 4.47 Å². The second-order valence-corrected chi connectivity index (χ2v) is 4.65. The van der Waals surface area contributed by atoms with Gasteiger partial charge in [-0.15, -0.1) is 0 Å². The van der Waals surface area contributed by atoms with E-state index in [9.17, 15) is 8.42 Å². The van der Waals surface area contributed by atoms with Crippen molar-refractivity contribution in [1.29, 1.82) is 0 Å². The van der Waals surface area contributed by atoms with E-state index in [-0.39, 0.29) is 9.62 Å². The lowest BCUT2D eigenvalue weighted by atomic mass is 11.3. The molecule has 0 bridgehead atoms. The Bertz CT molecular complexity index is 345. The van der Waals surface area contributed by atoms with E-state index in [0.717, 1.165) is 11.5 Å². The fraction of sp³-hybridized carbons (Fsp3) is 0.333. The van der Waals surface area contributed by atoms with Crippen molar-refractivity contribution in [1.82, 2.24) is 14.1 Å². The number of rotatable bonds is 2. The van der Waals surface area contributed by atoms with Crippen LogP contribution in [0.3, 0.4) is 0 Å². The average molecular weight is 214 g/mol. The maximum atomic E-state index is 10.9. The number of sulfonamides is 1. The molecule has 1 N–H and O–H groups in total. The van der Waals surface area contributed by atoms with Crippen LogP contribution in [0.2, 0.25) is 4.47 Å². The molecule has 5 nitrogen and oxygen atoms in total. The van der Waals surface area contributed by atoms with Gasteiger partial charge in [0.15, 0.2) is 0 Å². The largest absolute Gasteiger partial charge is 0.277 e. The summed E-state index contributed by atoms with van der Waals surface area (Å²) in [6.07, 6.45) is 0. The quantitative estimate of drug-likeness (QED) is 0.757. The third-order valence-electron chi connectivity index (χ3n) is 0.892. The van der Waals surface area contributed by atoms with Crippen LogP contribution in [-0.4, -0.2) is 24.8 Å². The van der Waals surface area contributed by atoms with Crippen LogP contribution < -0.4 is 4.72 Å². The summed E-state index contributed by atoms with van der Waals surface area (Å²) < 4.78 is 27.5. The van der Waals surface area contributed by atoms with Gasteiger partial charge in [0.2, 0.25) is 4.47 Å². The zero-order valence-electron chi connectivity index (χ0n) is 5.41. The number of hydrogen-bond acceptors (Lipinski definition) is 5. The van der Waals surface area contributed by atoms with Crippen molar-refractivity contribution in [2.24, 2.45) is 0 Å². The first-order valence-electron chi connectivity index (χ1n) is 2.49. The van der Waals surface area contributed by atoms with Crippen LogP contribution in [0.15, 0.2) is 5.16 Å². The minimum Gasteiger partial charge on any atom is -0.211 e. The molecule has 1 aromatic heterocycles. The summed E-state index contributed by atoms with van der Waals surface area (Å²) in [5.41, 5.74) is 0. The van der Waals surface area contributed by atoms with Crippen LogP contribution in [-0.2, 0) is 10.0 Å². The van der Waals surface area contributed by atoms with Gasteiger partial charge >= 0.3 is 0 Å². The van der Waals surface area contributed by atoms with Gasteiger partial charge in [-0.25, -0.2) is 13.1 Å². The summed E-state index contributed by atoms with van der Waals surface area (Å²) in [5, 5.41) is -0.282. The van der Waals surface area contributed by atoms with E-state index in [0.29, 0.717) is 0 Å². The molecule has 1 aromatic rings. The van der Waals surface area contributed by atoms with Crippen molar-refractivity contribution in [2.45, 2.75) is 5.16 Å². The maximum Gasteiger partial charge on any atom is 0.277 e. The Kier molecular flexibility index (Phi) is 2.43. The van der Waals surface area contributed by atoms with Crippen molar-refractivity contribution in [3.8, 4) is 0 Å². The monoisotopic (exact) mass is 213 g/mol. The standard InChI is InChI=1S/C3H4ClN3O2S2/c1-5-11(8,9)3-6-2(4)10-7-3/h5H,1H3. The normalized spacial score (nSPS) is 11.8. The molecule has 8 heteroatoms. The number of aromatic nitrogens is 2. The third-order valence-corrected chi connectivity index (χ3v) is 3.01. The molecule has 1 heterocycles. The van der Waals surface area contributed by atoms with Crippen LogP contribution in [0.5, 0.6) is 0 Å². The second-order valence-electron chi connectivity index (χ2n) is 1.54. The van der Waals surface area contributed by atoms with E-state index in [1.165, 1.54) is 7.05 Å². The minimum atomic E-state index is -3.52. The van der Waals surface area contributed by atoms with Gasteiger partial charge in [0.1, 0.15) is 0 Å². The van der Waals surface area contributed by atoms with Crippen molar-refractivity contribution >= 4 is 33.2 Å². The lowest BCUT2D eigenvalue weighted by Crippen LogP contribution is -2.19. The Morgan fingerprint density at radius 1 is 1.64 bits per heavy atom. The number of nitrogens with zero attached hydrogens (tertiary/aromatic N) is 2. The highest BCUT2D eigenvalue weighted by molar-refractivity contribution is 7.89. The lowest BCUT2D eigenvalue weighted by Gasteiger charge is -1.92. The summed E-state index contributed by atoms with van der Waals surface area (Å²) in [7, 11) is -2.24. The van der Waals surface area contributed by atoms with Crippen molar-refractivity contribution in [2.75, 3.05) is 7.05 Å². The van der Waals surface area contributed by atoms with Gasteiger partial charge < -0.3 is 0 Å². The molecular weight excluding hydrogens is 210 g/mol. The van der Waals surface area contributed by atoms with Crippen LogP contribution in [0.25, 0.3) is 0 Å². The van der Waals surface area contributed by atoms with E-state index >= 15 is 0 Å². The van der Waals surface area contributed by atoms with E-state index in [2.05, 4.69) is 14.1 Å². The first kappa shape index (κ1) is 8.85. The molecule has 0 aliphatic rings. The number of halogens is 1. The van der Waals surface area contributed by atoms with Crippen LogP contribution in [0.4, 0.5) is 0 Å². The van der Waals surface area contributed by atoms with Crippen LogP contribution in [0.1, 0.15) is 0 Å². The summed E-state index contributed by atoms with van der Waals surface area (Å²) >= 11 is 6.21. The average Bonchev–Trinajstić information content (AvgIpc) is 2.36. The van der Waals surface area contributed by atoms with Gasteiger partial charge in [-0.2, -0.15) is 9.36 Å². The molecule has 11 heavy (non-hydrogen) atoms. The van der Waals surface area contributed by atoms with E-state index in [4.69, 9.17) is 11.6 Å². The molecule has 1 rings (SSSR count). The van der Waals surface area contributed by atoms with Crippen molar-refractivity contribution in [3.63, 3.8) is 0 Å². The maximum absolute atomic E-state index is 10.9. The fourth-order valence-electron chi connectivity index (χ4n) is 0.393. The summed E-state index contributed by atoms with van der Waals surface area (Å²) in [6.45, 7) is 0. The van der Waals surface area contributed by atoms with E-state index < -0.39 is 10.0 Å². The molecule has 0 unspecified atom stereocenters. The SMILES string of the molecule is CNS(=O)(=O)c1nsc(Cl)n1. The van der Waals surface area contributed by atoms with Gasteiger partial charge in [-0.1, -0.05) is 0 Å². The molecule has 0 aliphatic heterocycles. The van der Waals surface area contributed by atoms with Gasteiger partial charge in [0.25, 0.3) is 15.2 Å². The molecule has 0 amide bonds. The highest BCUT2D eigenvalue weighted by Crippen LogP contribution is 2.13. The first-order valence-corrected chi connectivity index (χ1v) is 5.12. The van der Waals surface area contributed by atoms with Crippen LogP contribution >= 0.6 is 23.1 Å². The molecule has 0 saturated heterocycles. The topological polar surface area (TPSA) is 72.0 Å². The highest BCUT2D eigenvalue weighted by atomic mass is 35.5. The summed E-state index contributed by atoms with van der Waals surface area (Å²) in [4.78, 5) is 3.48. The third kappa shape index (κ3) is 1.86. The molecular formula is C3H4ClN3O2S2. The molecule has 0 aromatic carbocycles. The van der Waals surface area contributed by atoms with Gasteiger partial charge in [0, 0.05) is 0 Å². The van der Waals surface area contributed by atoms with Crippen LogP contribution in [0, 0.1) is 0 Å². The smallest absolute Gasteiger partial charge is 0.211 e. The van der Waals surface area contributed by atoms with Gasteiger partial charge in [-0.3, -0.25) is 0 Å². The Morgan fingerprint density at radius 2 is 2.27 bits per heavy atom.